The first-order valence-electron chi connectivity index (χ1n) is 6.66. The Labute approximate surface area is 106 Å². The van der Waals surface area contributed by atoms with E-state index in [1.807, 2.05) is 0 Å². The zero-order chi connectivity index (χ0) is 13.1. The van der Waals surface area contributed by atoms with Crippen LogP contribution in [0.15, 0.2) is 0 Å². The van der Waals surface area contributed by atoms with Gasteiger partial charge in [-0.3, -0.25) is 9.69 Å². The van der Waals surface area contributed by atoms with Crippen LogP contribution in [0.25, 0.3) is 0 Å². The lowest BCUT2D eigenvalue weighted by atomic mass is 10.2. The Hall–Kier alpha value is -0.610. The molecule has 0 saturated heterocycles. The quantitative estimate of drug-likeness (QED) is 0.592. The van der Waals surface area contributed by atoms with Crippen LogP contribution in [-0.4, -0.2) is 50.2 Å². The zero-order valence-corrected chi connectivity index (χ0v) is 11.8. The number of ether oxygens (including phenoxy) is 1. The highest BCUT2D eigenvalue weighted by molar-refractivity contribution is 5.77. The van der Waals surface area contributed by atoms with Crippen LogP contribution < -0.4 is 5.32 Å². The zero-order valence-electron chi connectivity index (χ0n) is 11.8. The van der Waals surface area contributed by atoms with E-state index in [9.17, 15) is 4.79 Å². The van der Waals surface area contributed by atoms with Gasteiger partial charge < -0.3 is 10.1 Å². The van der Waals surface area contributed by atoms with E-state index < -0.39 is 0 Å². The molecule has 0 aromatic heterocycles. The van der Waals surface area contributed by atoms with Crippen molar-refractivity contribution in [1.82, 2.24) is 10.2 Å². The molecular weight excluding hydrogens is 216 g/mol. The van der Waals surface area contributed by atoms with Crippen LogP contribution in [0.2, 0.25) is 0 Å². The molecule has 1 N–H and O–H groups in total. The predicted octanol–water partition coefficient (Wildman–Crippen LogP) is 1.51. The van der Waals surface area contributed by atoms with Gasteiger partial charge in [0.1, 0.15) is 0 Å². The molecule has 0 unspecified atom stereocenters. The van der Waals surface area contributed by atoms with E-state index >= 15 is 0 Å². The molecule has 0 aliphatic rings. The summed E-state index contributed by atoms with van der Waals surface area (Å²) in [7, 11) is 0. The normalized spacial score (nSPS) is 11.2. The molecule has 4 heteroatoms. The van der Waals surface area contributed by atoms with E-state index in [2.05, 4.69) is 37.9 Å². The summed E-state index contributed by atoms with van der Waals surface area (Å²) in [6, 6.07) is 0. The van der Waals surface area contributed by atoms with Gasteiger partial charge in [0.2, 0.25) is 5.91 Å². The second-order valence-corrected chi connectivity index (χ2v) is 4.63. The molecule has 17 heavy (non-hydrogen) atoms. The van der Waals surface area contributed by atoms with Gasteiger partial charge in [0.15, 0.2) is 0 Å². The third-order valence-electron chi connectivity index (χ3n) is 2.50. The molecule has 0 aromatic rings. The lowest BCUT2D eigenvalue weighted by molar-refractivity contribution is -0.122. The summed E-state index contributed by atoms with van der Waals surface area (Å²) in [6.45, 7) is 13.0. The first kappa shape index (κ1) is 16.4. The minimum absolute atomic E-state index is 0.109. The lowest BCUT2D eigenvalue weighted by Crippen LogP contribution is -2.37. The lowest BCUT2D eigenvalue weighted by Gasteiger charge is -2.17. The molecule has 0 saturated carbocycles. The van der Waals surface area contributed by atoms with Crippen molar-refractivity contribution in [2.24, 2.45) is 5.92 Å². The largest absolute Gasteiger partial charge is 0.381 e. The average Bonchev–Trinajstić information content (AvgIpc) is 2.30. The summed E-state index contributed by atoms with van der Waals surface area (Å²) in [5.74, 6) is 0.685. The van der Waals surface area contributed by atoms with Gasteiger partial charge in [-0.2, -0.15) is 0 Å². The van der Waals surface area contributed by atoms with Gasteiger partial charge in [-0.05, 0) is 25.4 Å². The van der Waals surface area contributed by atoms with Crippen molar-refractivity contribution < 1.29 is 9.53 Å². The Kier molecular flexibility index (Phi) is 10.2. The maximum absolute atomic E-state index is 11.5. The highest BCUT2D eigenvalue weighted by Gasteiger charge is 2.05. The topological polar surface area (TPSA) is 41.6 Å². The molecule has 0 aromatic carbocycles. The molecule has 0 bridgehead atoms. The van der Waals surface area contributed by atoms with Crippen LogP contribution in [-0.2, 0) is 9.53 Å². The van der Waals surface area contributed by atoms with Crippen LogP contribution in [0, 0.1) is 5.92 Å². The molecule has 0 rings (SSSR count). The Balaban J connectivity index is 3.39. The van der Waals surface area contributed by atoms with E-state index in [-0.39, 0.29) is 5.91 Å². The Morgan fingerprint density at radius 2 is 1.94 bits per heavy atom. The molecule has 0 heterocycles. The molecule has 4 nitrogen and oxygen atoms in total. The molecule has 0 fully saturated rings. The van der Waals surface area contributed by atoms with E-state index in [1.54, 1.807) is 0 Å². The van der Waals surface area contributed by atoms with E-state index in [4.69, 9.17) is 4.74 Å². The van der Waals surface area contributed by atoms with E-state index in [0.717, 1.165) is 32.7 Å². The van der Waals surface area contributed by atoms with Gasteiger partial charge in [-0.15, -0.1) is 0 Å². The molecule has 0 radical (unpaired) electrons. The van der Waals surface area contributed by atoms with Crippen LogP contribution >= 0.6 is 0 Å². The monoisotopic (exact) mass is 244 g/mol. The third-order valence-corrected chi connectivity index (χ3v) is 2.50. The highest BCUT2D eigenvalue weighted by Crippen LogP contribution is 1.93. The number of likely N-dealkylation sites (N-methyl/N-ethyl adjacent to an activating group) is 1. The van der Waals surface area contributed by atoms with Crippen molar-refractivity contribution in [2.75, 3.05) is 39.4 Å². The number of rotatable bonds is 10. The summed E-state index contributed by atoms with van der Waals surface area (Å²) >= 11 is 0. The fourth-order valence-corrected chi connectivity index (χ4v) is 1.43. The second-order valence-electron chi connectivity index (χ2n) is 4.63. The van der Waals surface area contributed by atoms with Crippen molar-refractivity contribution in [3.8, 4) is 0 Å². The summed E-state index contributed by atoms with van der Waals surface area (Å²) in [4.78, 5) is 13.6. The summed E-state index contributed by atoms with van der Waals surface area (Å²) < 4.78 is 5.44. The fraction of sp³-hybridized carbons (Fsp3) is 0.923. The predicted molar refractivity (Wildman–Crippen MR) is 71.1 cm³/mol. The van der Waals surface area contributed by atoms with Gasteiger partial charge in [-0.25, -0.2) is 0 Å². The molecule has 0 aliphatic carbocycles. The van der Waals surface area contributed by atoms with Crippen molar-refractivity contribution >= 4 is 5.91 Å². The standard InChI is InChI=1S/C13H28N2O2/c1-5-15(6-2)10-13(16)14-8-7-9-17-11-12(3)4/h12H,5-11H2,1-4H3,(H,14,16). The third kappa shape index (κ3) is 10.3. The second kappa shape index (κ2) is 10.5. The fourth-order valence-electron chi connectivity index (χ4n) is 1.43. The SMILES string of the molecule is CCN(CC)CC(=O)NCCCOCC(C)C. The van der Waals surface area contributed by atoms with Gasteiger partial charge in [-0.1, -0.05) is 27.7 Å². The van der Waals surface area contributed by atoms with Gasteiger partial charge in [0.25, 0.3) is 0 Å². The number of nitrogens with zero attached hydrogens (tertiary/aromatic N) is 1. The Morgan fingerprint density at radius 1 is 1.29 bits per heavy atom. The van der Waals surface area contributed by atoms with Gasteiger partial charge in [0, 0.05) is 19.8 Å². The van der Waals surface area contributed by atoms with Crippen LogP contribution in [0.1, 0.15) is 34.1 Å². The van der Waals surface area contributed by atoms with Crippen molar-refractivity contribution in [2.45, 2.75) is 34.1 Å². The molecule has 1 amide bonds. The molecule has 0 atom stereocenters. The first-order valence-corrected chi connectivity index (χ1v) is 6.66. The maximum Gasteiger partial charge on any atom is 0.234 e. The summed E-state index contributed by atoms with van der Waals surface area (Å²) in [6.07, 6.45) is 0.886. The van der Waals surface area contributed by atoms with Crippen molar-refractivity contribution in [3.63, 3.8) is 0 Å². The number of amides is 1. The average molecular weight is 244 g/mol. The number of nitrogens with one attached hydrogen (secondary N) is 1. The molecule has 102 valence electrons. The minimum atomic E-state index is 0.109. The van der Waals surface area contributed by atoms with Crippen LogP contribution in [0.4, 0.5) is 0 Å². The number of hydrogen-bond donors (Lipinski definition) is 1. The Morgan fingerprint density at radius 3 is 2.47 bits per heavy atom. The highest BCUT2D eigenvalue weighted by atomic mass is 16.5. The van der Waals surface area contributed by atoms with Crippen molar-refractivity contribution in [1.29, 1.82) is 0 Å². The summed E-state index contributed by atoms with van der Waals surface area (Å²) in [5.41, 5.74) is 0. The first-order chi connectivity index (χ1) is 8.10. The van der Waals surface area contributed by atoms with Crippen LogP contribution in [0.5, 0.6) is 0 Å². The van der Waals surface area contributed by atoms with Gasteiger partial charge in [0.05, 0.1) is 6.54 Å². The molecular formula is C13H28N2O2. The van der Waals surface area contributed by atoms with Crippen molar-refractivity contribution in [3.05, 3.63) is 0 Å². The summed E-state index contributed by atoms with van der Waals surface area (Å²) in [5, 5.41) is 2.91. The smallest absolute Gasteiger partial charge is 0.234 e. The Bertz CT molecular complexity index is 192. The van der Waals surface area contributed by atoms with E-state index in [1.165, 1.54) is 0 Å². The molecule has 0 spiro atoms. The maximum atomic E-state index is 11.5. The van der Waals surface area contributed by atoms with Crippen LogP contribution in [0.3, 0.4) is 0 Å². The molecule has 0 aliphatic heterocycles. The number of carbonyl (C=O) groups is 1. The number of carbonyl (C=O) groups excluding carboxylic acids is 1. The van der Waals surface area contributed by atoms with E-state index in [0.29, 0.717) is 19.0 Å². The minimum Gasteiger partial charge on any atom is -0.381 e. The number of hydrogen-bond acceptors (Lipinski definition) is 3. The van der Waals surface area contributed by atoms with Gasteiger partial charge >= 0.3 is 0 Å².